The van der Waals surface area contributed by atoms with Gasteiger partial charge in [0.1, 0.15) is 51.9 Å². The van der Waals surface area contributed by atoms with Crippen molar-refractivity contribution in [2.24, 2.45) is 4.30 Å². The van der Waals surface area contributed by atoms with Crippen molar-refractivity contribution in [1.82, 2.24) is 14.1 Å². The summed E-state index contributed by atoms with van der Waals surface area (Å²) in [4.78, 5) is 3.04. The van der Waals surface area contributed by atoms with Crippen LogP contribution in [-0.2, 0) is 0 Å². The molecule has 0 bridgehead atoms. The first-order chi connectivity index (χ1) is 38.9. The van der Waals surface area contributed by atoms with Crippen molar-refractivity contribution in [1.29, 1.82) is 15.8 Å². The third kappa shape index (κ3) is 15.5. The molecule has 10 nitrogen and oxygen atoms in total. The maximum absolute atomic E-state index is 13.0. The Bertz CT molecular complexity index is 4120. The Labute approximate surface area is 487 Å². The summed E-state index contributed by atoms with van der Waals surface area (Å²) in [6.45, 7) is 0. The van der Waals surface area contributed by atoms with Gasteiger partial charge in [-0.05, 0) is 238 Å². The van der Waals surface area contributed by atoms with Crippen LogP contribution in [0.25, 0.3) is 44.1 Å². The summed E-state index contributed by atoms with van der Waals surface area (Å²) in [5.41, 5.74) is 6.79. The molecule has 0 saturated carbocycles. The van der Waals surface area contributed by atoms with Crippen LogP contribution >= 0.6 is 51.3 Å². The van der Waals surface area contributed by atoms with Crippen molar-refractivity contribution in [3.8, 4) is 64.1 Å². The molecule has 1 N–H and O–H groups in total. The van der Waals surface area contributed by atoms with E-state index in [4.69, 9.17) is 30.0 Å². The summed E-state index contributed by atoms with van der Waals surface area (Å²) in [5, 5.41) is 30.1. The molecule has 0 amide bonds. The summed E-state index contributed by atoms with van der Waals surface area (Å²) < 4.78 is 64.3. The van der Waals surface area contributed by atoms with E-state index in [1.807, 2.05) is 161 Å². The van der Waals surface area contributed by atoms with E-state index in [1.165, 1.54) is 36.4 Å². The van der Waals surface area contributed by atoms with Crippen LogP contribution in [0.5, 0.6) is 34.5 Å². The molecule has 12 rings (SSSR count). The molecule has 80 heavy (non-hydrogen) atoms. The summed E-state index contributed by atoms with van der Waals surface area (Å²) in [5.74, 6) is 3.03. The molecule has 3 aromatic heterocycles. The van der Waals surface area contributed by atoms with Gasteiger partial charge in [0.05, 0.1) is 45.9 Å². The summed E-state index contributed by atoms with van der Waals surface area (Å²) in [6.07, 6.45) is 5.81. The molecule has 0 aliphatic heterocycles. The number of nitriles is 3. The number of benzene rings is 9. The first-order valence-corrected chi connectivity index (χ1v) is 26.2. The number of H-pyrrole nitrogens is 1. The SMILES string of the molecule is Fc1ccc(Oc2ccc(I)cc2)cc1.N#Cc1ccc2c(Br)cn(-c3ccc(Oc4ccc(F)cc4)cc3)c2c1.N#Cc1ccc2cc[nH]c2c1.N#Cc1ccc2ccn(-c3ccc(Oc4ccc(F)cc4)cc3)c2c1.[B]=NS. The van der Waals surface area contributed by atoms with Crippen LogP contribution in [0, 0.1) is 55.0 Å². The van der Waals surface area contributed by atoms with Crippen molar-refractivity contribution in [3.05, 3.63) is 273 Å². The Morgan fingerprint density at radius 3 is 1.34 bits per heavy atom. The van der Waals surface area contributed by atoms with Crippen molar-refractivity contribution in [2.45, 2.75) is 0 Å². The number of fused-ring (bicyclic) bond motifs is 3. The Kier molecular flexibility index (Phi) is 19.8. The van der Waals surface area contributed by atoms with E-state index in [2.05, 4.69) is 86.5 Å². The summed E-state index contributed by atoms with van der Waals surface area (Å²) >= 11 is 8.99. The molecule has 17 heteroatoms. The predicted octanol–water partition coefficient (Wildman–Crippen LogP) is 18.1. The van der Waals surface area contributed by atoms with Gasteiger partial charge in [0.2, 0.25) is 0 Å². The molecule has 389 valence electrons. The van der Waals surface area contributed by atoms with Gasteiger partial charge < -0.3 is 28.3 Å². The van der Waals surface area contributed by atoms with Gasteiger partial charge in [-0.1, -0.05) is 18.2 Å². The van der Waals surface area contributed by atoms with Crippen molar-refractivity contribution >= 4 is 91.7 Å². The number of nitrogens with zero attached hydrogens (tertiary/aromatic N) is 6. The molecule has 0 spiro atoms. The number of halogens is 5. The molecular formula is C63H40BBrF3IN7O3S. The van der Waals surface area contributed by atoms with Crippen LogP contribution in [-0.4, -0.2) is 21.8 Å². The third-order valence-corrected chi connectivity index (χ3v) is 12.9. The second-order valence-corrected chi connectivity index (χ2v) is 19.2. The molecule has 0 fully saturated rings. The molecule has 12 aromatic rings. The van der Waals surface area contributed by atoms with Crippen molar-refractivity contribution in [2.75, 3.05) is 0 Å². The van der Waals surface area contributed by atoms with Crippen molar-refractivity contribution < 1.29 is 27.4 Å². The second kappa shape index (κ2) is 27.8. The van der Waals surface area contributed by atoms with Gasteiger partial charge in [-0.25, -0.2) is 13.2 Å². The normalized spacial score (nSPS) is 10.1. The zero-order valence-corrected chi connectivity index (χ0v) is 46.4. The first kappa shape index (κ1) is 56.9. The van der Waals surface area contributed by atoms with Gasteiger partial charge in [-0.2, -0.15) is 15.8 Å². The number of ether oxygens (including phenoxy) is 3. The van der Waals surface area contributed by atoms with Crippen LogP contribution in [0.1, 0.15) is 16.7 Å². The number of thiol groups is 1. The Morgan fingerprint density at radius 1 is 0.487 bits per heavy atom. The number of aromatic amines is 1. The van der Waals surface area contributed by atoms with E-state index in [0.29, 0.717) is 45.4 Å². The molecule has 0 saturated heterocycles. The second-order valence-electron chi connectivity index (χ2n) is 16.9. The number of rotatable bonds is 8. The van der Waals surface area contributed by atoms with Crippen molar-refractivity contribution in [3.63, 3.8) is 0 Å². The number of nitrogens with one attached hydrogen (secondary N) is 1. The molecule has 0 unspecified atom stereocenters. The zero-order chi connectivity index (χ0) is 56.4. The van der Waals surface area contributed by atoms with Gasteiger partial charge >= 0.3 is 24.8 Å². The molecule has 0 atom stereocenters. The topological polar surface area (TPSA) is 137 Å². The molecular weight excluding hydrogens is 1210 g/mol. The van der Waals surface area contributed by atoms with E-state index >= 15 is 0 Å². The van der Waals surface area contributed by atoms with E-state index in [-0.39, 0.29) is 17.5 Å². The third-order valence-electron chi connectivity index (χ3n) is 11.6. The van der Waals surface area contributed by atoms with Gasteiger partial charge in [-0.15, -0.1) is 0 Å². The van der Waals surface area contributed by atoms with Crippen LogP contribution in [0.2, 0.25) is 0 Å². The fraction of sp³-hybridized carbons (Fsp3) is 0. The quantitative estimate of drug-likeness (QED) is 0.0883. The molecule has 3 heterocycles. The van der Waals surface area contributed by atoms with Crippen LogP contribution in [0.15, 0.2) is 240 Å². The average Bonchev–Trinajstić information content (AvgIpc) is 4.24. The molecule has 9 aromatic carbocycles. The van der Waals surface area contributed by atoms with Crippen LogP contribution in [0.4, 0.5) is 13.2 Å². The van der Waals surface area contributed by atoms with E-state index in [0.717, 1.165) is 57.9 Å². The Balaban J connectivity index is 0.000000144. The Hall–Kier alpha value is -9.32. The van der Waals surface area contributed by atoms with Gasteiger partial charge in [-0.3, -0.25) is 0 Å². The molecule has 0 aliphatic rings. The summed E-state index contributed by atoms with van der Waals surface area (Å²) in [7, 11) is 4.34. The minimum absolute atomic E-state index is 0.259. The number of hydrogen-bond acceptors (Lipinski definition) is 8. The fourth-order valence-electron chi connectivity index (χ4n) is 7.78. The van der Waals surface area contributed by atoms with E-state index < -0.39 is 0 Å². The average molecular weight is 1250 g/mol. The van der Waals surface area contributed by atoms with Crippen LogP contribution in [0.3, 0.4) is 0 Å². The van der Waals surface area contributed by atoms with Gasteiger partial charge in [0.15, 0.2) is 0 Å². The van der Waals surface area contributed by atoms with Gasteiger partial charge in [0.25, 0.3) is 0 Å². The predicted molar refractivity (Wildman–Crippen MR) is 322 cm³/mol. The van der Waals surface area contributed by atoms with Crippen LogP contribution < -0.4 is 14.2 Å². The molecule has 0 aliphatic carbocycles. The first-order valence-electron chi connectivity index (χ1n) is 23.9. The summed E-state index contributed by atoms with van der Waals surface area (Å²) in [6, 6.07) is 67.9. The maximum atomic E-state index is 13.0. The number of hydrogen-bond donors (Lipinski definition) is 2. The van der Waals surface area contributed by atoms with E-state index in [9.17, 15) is 13.2 Å². The number of aromatic nitrogens is 3. The standard InChI is InChI=1S/C21H12BrFN2O.C21H13FN2O.C12H8FIO.C9H6N2.BHNS/c22-20-13-25(21-11-14(12-24)1-10-19(20)21)16-4-8-18(9-5-16)26-17-6-2-15(23)3-7-17;22-17-3-7-19(8-4-17)25-20-9-5-18(6-10-20)24-12-11-16-2-1-15(14-23)13-21(16)24;13-9-1-5-11(6-2-9)15-12-7-3-10(14)4-8-12;10-6-7-1-2-8-3-4-11-9(8)5-7;1-2-3/h1-11,13H;1-13H;1-8H;1-5,11H;3H. The Morgan fingerprint density at radius 2 is 0.875 bits per heavy atom. The monoisotopic (exact) mass is 1250 g/mol. The zero-order valence-electron chi connectivity index (χ0n) is 41.8. The minimum atomic E-state index is -0.297. The van der Waals surface area contributed by atoms with E-state index in [1.54, 1.807) is 42.5 Å². The fourth-order valence-corrected chi connectivity index (χ4v) is 8.68. The van der Waals surface area contributed by atoms with Gasteiger partial charge in [0, 0.05) is 54.3 Å². The molecule has 1 radical (unpaired) electrons.